The Morgan fingerprint density at radius 1 is 1.38 bits per heavy atom. The highest BCUT2D eigenvalue weighted by Crippen LogP contribution is 2.33. The van der Waals surface area contributed by atoms with Crippen LogP contribution in [0.4, 0.5) is 5.69 Å². The lowest BCUT2D eigenvalue weighted by Gasteiger charge is -2.29. The summed E-state index contributed by atoms with van der Waals surface area (Å²) in [5.41, 5.74) is 4.76. The number of hydrogen-bond donors (Lipinski definition) is 4. The van der Waals surface area contributed by atoms with Crippen LogP contribution in [0.1, 0.15) is 5.56 Å². The van der Waals surface area contributed by atoms with Crippen LogP contribution in [0, 0.1) is 0 Å². The molecule has 16 heavy (non-hydrogen) atoms. The molecular formula is C9H7BrN4OS. The third-order valence-electron chi connectivity index (χ3n) is 2.46. The van der Waals surface area contributed by atoms with E-state index in [1.165, 1.54) is 0 Å². The van der Waals surface area contributed by atoms with Crippen molar-refractivity contribution in [2.75, 3.05) is 5.32 Å². The summed E-state index contributed by atoms with van der Waals surface area (Å²) < 4.78 is 0.924. The Labute approximate surface area is 105 Å². The molecule has 0 radical (unpaired) electrons. The number of nitrogens with one attached hydrogen (secondary N) is 3. The van der Waals surface area contributed by atoms with E-state index in [4.69, 9.17) is 12.2 Å². The second kappa shape index (κ2) is 3.16. The van der Waals surface area contributed by atoms with Gasteiger partial charge in [0.1, 0.15) is 5.71 Å². The van der Waals surface area contributed by atoms with Gasteiger partial charge in [0, 0.05) is 15.7 Å². The molecule has 4 N–H and O–H groups in total. The first-order valence-electron chi connectivity index (χ1n) is 4.55. The van der Waals surface area contributed by atoms with Crippen LogP contribution >= 0.6 is 28.1 Å². The second-order valence-corrected chi connectivity index (χ2v) is 4.88. The highest BCUT2D eigenvalue weighted by Gasteiger charge is 2.44. The molecule has 5 nitrogen and oxygen atoms in total. The Morgan fingerprint density at radius 2 is 2.19 bits per heavy atom. The molecule has 2 aliphatic rings. The van der Waals surface area contributed by atoms with E-state index in [0.717, 1.165) is 15.7 Å². The molecule has 0 saturated carbocycles. The summed E-state index contributed by atoms with van der Waals surface area (Å²) in [5.74, 6) is -1.41. The molecule has 2 aliphatic heterocycles. The quantitative estimate of drug-likeness (QED) is 0.531. The van der Waals surface area contributed by atoms with Gasteiger partial charge in [-0.25, -0.2) is 0 Å². The van der Waals surface area contributed by atoms with E-state index in [1.807, 2.05) is 18.2 Å². The van der Waals surface area contributed by atoms with Gasteiger partial charge < -0.3 is 15.7 Å². The fraction of sp³-hybridized carbons (Fsp3) is 0.111. The van der Waals surface area contributed by atoms with Crippen molar-refractivity contribution in [1.29, 1.82) is 0 Å². The number of nitrogens with zero attached hydrogens (tertiary/aromatic N) is 1. The minimum Gasteiger partial charge on any atom is -0.349 e. The zero-order valence-electron chi connectivity index (χ0n) is 7.91. The molecule has 3 rings (SSSR count). The molecule has 1 aromatic carbocycles. The Morgan fingerprint density at radius 3 is 3.00 bits per heavy atom. The first kappa shape index (κ1) is 10.0. The maximum atomic E-state index is 10.3. The lowest BCUT2D eigenvalue weighted by Crippen LogP contribution is -2.62. The predicted molar refractivity (Wildman–Crippen MR) is 68.1 cm³/mol. The zero-order valence-corrected chi connectivity index (χ0v) is 10.3. The largest absolute Gasteiger partial charge is 0.349 e. The minimum atomic E-state index is -1.41. The van der Waals surface area contributed by atoms with E-state index >= 15 is 0 Å². The van der Waals surface area contributed by atoms with Gasteiger partial charge in [0.25, 0.3) is 5.85 Å². The van der Waals surface area contributed by atoms with Crippen LogP contribution in [-0.4, -0.2) is 21.8 Å². The Balaban J connectivity index is 2.17. The van der Waals surface area contributed by atoms with Gasteiger partial charge in [-0.1, -0.05) is 15.9 Å². The highest BCUT2D eigenvalue weighted by molar-refractivity contribution is 9.10. The number of halogens is 1. The Kier molecular flexibility index (Phi) is 1.97. The van der Waals surface area contributed by atoms with Gasteiger partial charge in [0.15, 0.2) is 5.11 Å². The molecule has 1 unspecified atom stereocenters. The fourth-order valence-electron chi connectivity index (χ4n) is 1.80. The third kappa shape index (κ3) is 1.32. The van der Waals surface area contributed by atoms with Crippen molar-refractivity contribution in [3.8, 4) is 0 Å². The van der Waals surface area contributed by atoms with Crippen LogP contribution in [0.3, 0.4) is 0 Å². The number of hydrazone groups is 1. The number of thiocarbonyl (C=S) groups is 1. The van der Waals surface area contributed by atoms with Crippen molar-refractivity contribution in [3.63, 3.8) is 0 Å². The van der Waals surface area contributed by atoms with Gasteiger partial charge >= 0.3 is 0 Å². The number of aliphatic hydroxyl groups is 1. The lowest BCUT2D eigenvalue weighted by atomic mass is 10.1. The molecule has 7 heteroatoms. The maximum absolute atomic E-state index is 10.3. The number of anilines is 1. The minimum absolute atomic E-state index is 0.283. The summed E-state index contributed by atoms with van der Waals surface area (Å²) in [6.07, 6.45) is 0. The summed E-state index contributed by atoms with van der Waals surface area (Å²) in [4.78, 5) is 0. The third-order valence-corrected chi connectivity index (χ3v) is 3.15. The van der Waals surface area contributed by atoms with Crippen molar-refractivity contribution in [2.24, 2.45) is 5.10 Å². The summed E-state index contributed by atoms with van der Waals surface area (Å²) >= 11 is 8.28. The lowest BCUT2D eigenvalue weighted by molar-refractivity contribution is 0.127. The smallest absolute Gasteiger partial charge is 0.264 e. The summed E-state index contributed by atoms with van der Waals surface area (Å²) in [7, 11) is 0. The Hall–Kier alpha value is -1.18. The molecule has 82 valence electrons. The molecule has 0 bridgehead atoms. The average Bonchev–Trinajstić information content (AvgIpc) is 2.48. The molecule has 0 aliphatic carbocycles. The fourth-order valence-corrected chi connectivity index (χ4v) is 2.36. The van der Waals surface area contributed by atoms with E-state index < -0.39 is 5.85 Å². The molecule has 0 aromatic heterocycles. The summed E-state index contributed by atoms with van der Waals surface area (Å²) in [6.45, 7) is 0. The van der Waals surface area contributed by atoms with E-state index in [-0.39, 0.29) is 5.11 Å². The van der Waals surface area contributed by atoms with Crippen molar-refractivity contribution >= 4 is 44.7 Å². The van der Waals surface area contributed by atoms with Crippen molar-refractivity contribution in [3.05, 3.63) is 28.2 Å². The predicted octanol–water partition coefficient (Wildman–Crippen LogP) is 0.703. The van der Waals surface area contributed by atoms with Crippen LogP contribution in [0.2, 0.25) is 0 Å². The number of rotatable bonds is 0. The highest BCUT2D eigenvalue weighted by atomic mass is 79.9. The zero-order chi connectivity index (χ0) is 11.3. The second-order valence-electron chi connectivity index (χ2n) is 3.55. The number of benzene rings is 1. The summed E-state index contributed by atoms with van der Waals surface area (Å²) in [5, 5.41) is 20.3. The molecule has 0 spiro atoms. The van der Waals surface area contributed by atoms with Crippen molar-refractivity contribution < 1.29 is 5.11 Å². The van der Waals surface area contributed by atoms with Crippen LogP contribution in [0.5, 0.6) is 0 Å². The van der Waals surface area contributed by atoms with Gasteiger partial charge in [-0.05, 0) is 30.4 Å². The molecule has 0 saturated heterocycles. The van der Waals surface area contributed by atoms with E-state index in [2.05, 4.69) is 37.1 Å². The monoisotopic (exact) mass is 298 g/mol. The number of fused-ring (bicyclic) bond motifs is 3. The normalized spacial score (nSPS) is 25.9. The van der Waals surface area contributed by atoms with Gasteiger partial charge in [0.2, 0.25) is 0 Å². The van der Waals surface area contributed by atoms with Crippen LogP contribution in [0.15, 0.2) is 27.8 Å². The van der Waals surface area contributed by atoms with Crippen LogP contribution in [-0.2, 0) is 0 Å². The SMILES string of the molecule is OC12NC(=S)NN=C1c1cc(Br)ccc1N2. The Bertz CT molecular complexity index is 532. The van der Waals surface area contributed by atoms with Gasteiger partial charge in [-0.2, -0.15) is 5.10 Å². The number of hydrogen-bond acceptors (Lipinski definition) is 4. The van der Waals surface area contributed by atoms with Crippen molar-refractivity contribution in [2.45, 2.75) is 5.85 Å². The topological polar surface area (TPSA) is 68.7 Å². The molecule has 2 heterocycles. The summed E-state index contributed by atoms with van der Waals surface area (Å²) in [6, 6.07) is 5.64. The maximum Gasteiger partial charge on any atom is 0.264 e. The van der Waals surface area contributed by atoms with Crippen LogP contribution < -0.4 is 16.1 Å². The van der Waals surface area contributed by atoms with E-state index in [0.29, 0.717) is 5.71 Å². The van der Waals surface area contributed by atoms with E-state index in [9.17, 15) is 5.11 Å². The average molecular weight is 299 g/mol. The molecule has 0 amide bonds. The first-order chi connectivity index (χ1) is 7.58. The molecule has 0 fully saturated rings. The molecular weight excluding hydrogens is 292 g/mol. The first-order valence-corrected chi connectivity index (χ1v) is 5.75. The van der Waals surface area contributed by atoms with Crippen LogP contribution in [0.25, 0.3) is 0 Å². The standard InChI is InChI=1S/C9H7BrN4OS/c10-4-1-2-6-5(3-4)7-9(15,11-6)12-8(16)14-13-7/h1-3,11,15H,(H2,12,14,16). The molecule has 1 aromatic rings. The van der Waals surface area contributed by atoms with Gasteiger partial charge in [-0.15, -0.1) is 0 Å². The van der Waals surface area contributed by atoms with Gasteiger partial charge in [0.05, 0.1) is 0 Å². The van der Waals surface area contributed by atoms with Crippen molar-refractivity contribution in [1.82, 2.24) is 10.7 Å². The molecule has 1 atom stereocenters. The van der Waals surface area contributed by atoms with E-state index in [1.54, 1.807) is 0 Å². The van der Waals surface area contributed by atoms with Gasteiger partial charge in [-0.3, -0.25) is 5.43 Å².